The second-order valence-corrected chi connectivity index (χ2v) is 6.15. The Balaban J connectivity index is 1.58. The van der Waals surface area contributed by atoms with Crippen LogP contribution in [-0.4, -0.2) is 31.6 Å². The number of hydrogen-bond donors (Lipinski definition) is 2. The third-order valence-electron chi connectivity index (χ3n) is 3.95. The van der Waals surface area contributed by atoms with Gasteiger partial charge in [0, 0.05) is 29.4 Å². The van der Waals surface area contributed by atoms with Crippen molar-refractivity contribution in [3.8, 4) is 5.75 Å². The van der Waals surface area contributed by atoms with Crippen LogP contribution in [0.25, 0.3) is 0 Å². The van der Waals surface area contributed by atoms with E-state index in [9.17, 15) is 9.59 Å². The number of methoxy groups -OCH3 is 1. The Kier molecular flexibility index (Phi) is 5.09. The fourth-order valence-electron chi connectivity index (χ4n) is 2.70. The first kappa shape index (κ1) is 17.1. The molecule has 7 heteroatoms. The Morgan fingerprint density at radius 3 is 2.48 bits per heavy atom. The van der Waals surface area contributed by atoms with Gasteiger partial charge in [-0.05, 0) is 48.5 Å². The Labute approximate surface area is 150 Å². The third-order valence-corrected chi connectivity index (χ3v) is 4.20. The van der Waals surface area contributed by atoms with Gasteiger partial charge >= 0.3 is 6.03 Å². The van der Waals surface area contributed by atoms with Gasteiger partial charge in [0.25, 0.3) is 0 Å². The highest BCUT2D eigenvalue weighted by Crippen LogP contribution is 2.24. The fourth-order valence-corrected chi connectivity index (χ4v) is 2.83. The molecule has 1 atom stereocenters. The molecule has 0 spiro atoms. The Hall–Kier alpha value is -2.73. The average Bonchev–Trinajstić information content (AvgIpc) is 2.97. The van der Waals surface area contributed by atoms with Crippen molar-refractivity contribution in [2.45, 2.75) is 12.5 Å². The Bertz CT molecular complexity index is 762. The first-order valence-corrected chi connectivity index (χ1v) is 8.20. The number of amides is 3. The molecule has 6 nitrogen and oxygen atoms in total. The molecule has 25 heavy (non-hydrogen) atoms. The number of nitrogens with one attached hydrogen (secondary N) is 2. The molecule has 0 aliphatic carbocycles. The van der Waals surface area contributed by atoms with Crippen molar-refractivity contribution < 1.29 is 14.3 Å². The first-order valence-electron chi connectivity index (χ1n) is 7.82. The molecule has 0 radical (unpaired) electrons. The summed E-state index contributed by atoms with van der Waals surface area (Å²) in [7, 11) is 1.59. The van der Waals surface area contributed by atoms with Crippen LogP contribution in [0.3, 0.4) is 0 Å². The summed E-state index contributed by atoms with van der Waals surface area (Å²) in [5, 5.41) is 6.15. The van der Waals surface area contributed by atoms with E-state index in [1.165, 1.54) is 0 Å². The Morgan fingerprint density at radius 1 is 1.16 bits per heavy atom. The highest BCUT2D eigenvalue weighted by atomic mass is 35.5. The molecule has 130 valence electrons. The van der Waals surface area contributed by atoms with Crippen molar-refractivity contribution in [3.05, 3.63) is 53.6 Å². The molecule has 3 rings (SSSR count). The molecular formula is C18H18ClN3O3. The average molecular weight is 360 g/mol. The van der Waals surface area contributed by atoms with Gasteiger partial charge in [0.15, 0.2) is 0 Å². The summed E-state index contributed by atoms with van der Waals surface area (Å²) in [5.41, 5.74) is 1.42. The molecule has 1 aliphatic heterocycles. The summed E-state index contributed by atoms with van der Waals surface area (Å²) >= 11 is 5.82. The molecule has 0 bridgehead atoms. The number of benzene rings is 2. The van der Waals surface area contributed by atoms with Gasteiger partial charge in [0.1, 0.15) is 5.75 Å². The molecule has 2 aromatic rings. The summed E-state index contributed by atoms with van der Waals surface area (Å²) in [4.78, 5) is 26.0. The topological polar surface area (TPSA) is 70.7 Å². The standard InChI is InChI=1S/C18H18ClN3O3/c1-25-16-8-6-15(7-9-16)22-11-14(10-17(22)23)21-18(24)20-13-4-2-12(19)3-5-13/h2-9,14H,10-11H2,1H3,(H2,20,21,24)/t14-/m0/s1. The van der Waals surface area contributed by atoms with Crippen LogP contribution in [0.1, 0.15) is 6.42 Å². The van der Waals surface area contributed by atoms with E-state index >= 15 is 0 Å². The van der Waals surface area contributed by atoms with Crippen LogP contribution in [0.15, 0.2) is 48.5 Å². The van der Waals surface area contributed by atoms with Crippen molar-refractivity contribution in [1.82, 2.24) is 5.32 Å². The van der Waals surface area contributed by atoms with E-state index in [2.05, 4.69) is 10.6 Å². The predicted octanol–water partition coefficient (Wildman–Crippen LogP) is 3.28. The first-order chi connectivity index (χ1) is 12.0. The molecule has 0 aromatic heterocycles. The zero-order chi connectivity index (χ0) is 17.8. The van der Waals surface area contributed by atoms with Crippen molar-refractivity contribution >= 4 is 34.9 Å². The van der Waals surface area contributed by atoms with E-state index in [0.29, 0.717) is 17.3 Å². The molecule has 1 saturated heterocycles. The minimum atomic E-state index is -0.350. The molecule has 0 saturated carbocycles. The summed E-state index contributed by atoms with van der Waals surface area (Å²) < 4.78 is 5.12. The second kappa shape index (κ2) is 7.44. The van der Waals surface area contributed by atoms with Gasteiger partial charge in [-0.15, -0.1) is 0 Å². The zero-order valence-electron chi connectivity index (χ0n) is 13.7. The van der Waals surface area contributed by atoms with Gasteiger partial charge < -0.3 is 20.3 Å². The van der Waals surface area contributed by atoms with E-state index in [-0.39, 0.29) is 24.4 Å². The molecule has 3 amide bonds. The number of urea groups is 1. The van der Waals surface area contributed by atoms with E-state index < -0.39 is 0 Å². The van der Waals surface area contributed by atoms with Crippen LogP contribution in [0.2, 0.25) is 5.02 Å². The van der Waals surface area contributed by atoms with Crippen molar-refractivity contribution in [3.63, 3.8) is 0 Å². The van der Waals surface area contributed by atoms with Crippen LogP contribution < -0.4 is 20.3 Å². The fraction of sp³-hybridized carbons (Fsp3) is 0.222. The number of ether oxygens (including phenoxy) is 1. The number of anilines is 2. The van der Waals surface area contributed by atoms with Crippen LogP contribution in [0, 0.1) is 0 Å². The summed E-state index contributed by atoms with van der Waals surface area (Å²) in [6, 6.07) is 13.5. The third kappa shape index (κ3) is 4.22. The number of carbonyl (C=O) groups excluding carboxylic acids is 2. The summed E-state index contributed by atoms with van der Waals surface area (Å²) in [5.74, 6) is 0.703. The van der Waals surface area contributed by atoms with Gasteiger partial charge in [-0.2, -0.15) is 0 Å². The summed E-state index contributed by atoms with van der Waals surface area (Å²) in [6.07, 6.45) is 0.264. The maximum Gasteiger partial charge on any atom is 0.319 e. The molecule has 0 unspecified atom stereocenters. The van der Waals surface area contributed by atoms with Crippen molar-refractivity contribution in [1.29, 1.82) is 0 Å². The van der Waals surface area contributed by atoms with E-state index in [0.717, 1.165) is 11.4 Å². The maximum absolute atomic E-state index is 12.2. The highest BCUT2D eigenvalue weighted by molar-refractivity contribution is 6.30. The number of carbonyl (C=O) groups is 2. The predicted molar refractivity (Wildman–Crippen MR) is 97.4 cm³/mol. The lowest BCUT2D eigenvalue weighted by molar-refractivity contribution is -0.117. The highest BCUT2D eigenvalue weighted by Gasteiger charge is 2.31. The second-order valence-electron chi connectivity index (χ2n) is 5.71. The monoisotopic (exact) mass is 359 g/mol. The lowest BCUT2D eigenvalue weighted by Gasteiger charge is -2.17. The lowest BCUT2D eigenvalue weighted by Crippen LogP contribution is -2.39. The van der Waals surface area contributed by atoms with Crippen molar-refractivity contribution in [2.24, 2.45) is 0 Å². The van der Waals surface area contributed by atoms with Gasteiger partial charge in [-0.3, -0.25) is 4.79 Å². The van der Waals surface area contributed by atoms with E-state index in [1.54, 1.807) is 48.4 Å². The molecule has 1 aliphatic rings. The van der Waals surface area contributed by atoms with Gasteiger partial charge in [0.05, 0.1) is 13.2 Å². The van der Waals surface area contributed by atoms with Crippen LogP contribution in [0.4, 0.5) is 16.2 Å². The van der Waals surface area contributed by atoms with Gasteiger partial charge in [-0.1, -0.05) is 11.6 Å². The minimum Gasteiger partial charge on any atom is -0.497 e. The maximum atomic E-state index is 12.2. The number of halogens is 1. The molecular weight excluding hydrogens is 342 g/mol. The number of hydrogen-bond acceptors (Lipinski definition) is 3. The lowest BCUT2D eigenvalue weighted by atomic mass is 10.2. The quantitative estimate of drug-likeness (QED) is 0.880. The summed E-state index contributed by atoms with van der Waals surface area (Å²) in [6.45, 7) is 0.430. The molecule has 1 heterocycles. The van der Waals surface area contributed by atoms with Crippen molar-refractivity contribution in [2.75, 3.05) is 23.9 Å². The van der Waals surface area contributed by atoms with E-state index in [4.69, 9.17) is 16.3 Å². The Morgan fingerprint density at radius 2 is 1.84 bits per heavy atom. The van der Waals surface area contributed by atoms with Gasteiger partial charge in [-0.25, -0.2) is 4.79 Å². The van der Waals surface area contributed by atoms with Crippen LogP contribution in [-0.2, 0) is 4.79 Å². The van der Waals surface area contributed by atoms with Gasteiger partial charge in [0.2, 0.25) is 5.91 Å². The number of rotatable bonds is 4. The number of nitrogens with zero attached hydrogens (tertiary/aromatic N) is 1. The minimum absolute atomic E-state index is 0.0260. The normalized spacial score (nSPS) is 16.6. The van der Waals surface area contributed by atoms with E-state index in [1.807, 2.05) is 12.1 Å². The smallest absolute Gasteiger partial charge is 0.319 e. The molecule has 2 aromatic carbocycles. The van der Waals surface area contributed by atoms with Crippen LogP contribution in [0.5, 0.6) is 5.75 Å². The van der Waals surface area contributed by atoms with Crippen LogP contribution >= 0.6 is 11.6 Å². The molecule has 2 N–H and O–H groups in total. The molecule has 1 fully saturated rings. The SMILES string of the molecule is COc1ccc(N2C[C@@H](NC(=O)Nc3ccc(Cl)cc3)CC2=O)cc1. The zero-order valence-corrected chi connectivity index (χ0v) is 14.4. The largest absolute Gasteiger partial charge is 0.497 e.